The van der Waals surface area contributed by atoms with Gasteiger partial charge >= 0.3 is 0 Å². The minimum Gasteiger partial charge on any atom is -0.497 e. The number of benzene rings is 2. The van der Waals surface area contributed by atoms with Crippen molar-refractivity contribution < 1.29 is 9.53 Å². The maximum Gasteiger partial charge on any atom is 0.270 e. The molecule has 0 unspecified atom stereocenters. The predicted molar refractivity (Wildman–Crippen MR) is 109 cm³/mol. The lowest BCUT2D eigenvalue weighted by Crippen LogP contribution is -2.27. The first kappa shape index (κ1) is 17.5. The van der Waals surface area contributed by atoms with E-state index in [1.807, 2.05) is 73.6 Å². The number of methoxy groups -OCH3 is 1. The molecule has 0 aliphatic carbocycles. The molecule has 0 radical (unpaired) electrons. The Hall–Kier alpha value is -2.31. The lowest BCUT2D eigenvalue weighted by atomic mass is 10.2. The van der Waals surface area contributed by atoms with Crippen molar-refractivity contribution in [2.24, 2.45) is 0 Å². The van der Waals surface area contributed by atoms with Gasteiger partial charge in [-0.1, -0.05) is 36.1 Å². The van der Waals surface area contributed by atoms with Crippen LogP contribution < -0.4 is 14.5 Å². The Kier molecular flexibility index (Phi) is 5.11. The molecule has 0 N–H and O–H groups in total. The van der Waals surface area contributed by atoms with E-state index in [1.54, 1.807) is 12.0 Å². The molecule has 4 nitrogen and oxygen atoms in total. The van der Waals surface area contributed by atoms with Crippen LogP contribution in [0, 0.1) is 0 Å². The molecule has 0 aromatic heterocycles. The van der Waals surface area contributed by atoms with Gasteiger partial charge in [0.15, 0.2) is 4.32 Å². The number of anilines is 2. The molecule has 1 amide bonds. The second-order valence-electron chi connectivity index (χ2n) is 5.70. The van der Waals surface area contributed by atoms with Gasteiger partial charge in [-0.2, -0.15) is 0 Å². The standard InChI is InChI=1S/C19H18N2O2S2/c1-20(2)14-6-8-15(9-7-14)21-18(22)17(25-19(21)24)12-13-4-10-16(23-3)11-5-13/h4-12H,1-3H3/b17-12+. The van der Waals surface area contributed by atoms with Crippen LogP contribution in [0.25, 0.3) is 6.08 Å². The van der Waals surface area contributed by atoms with Crippen molar-refractivity contribution in [3.8, 4) is 5.75 Å². The monoisotopic (exact) mass is 370 g/mol. The molecular weight excluding hydrogens is 352 g/mol. The summed E-state index contributed by atoms with van der Waals surface area (Å²) in [5.74, 6) is 0.689. The van der Waals surface area contributed by atoms with E-state index in [2.05, 4.69) is 0 Å². The Morgan fingerprint density at radius 2 is 1.72 bits per heavy atom. The lowest BCUT2D eigenvalue weighted by molar-refractivity contribution is -0.113. The molecule has 3 rings (SSSR count). The number of thiocarbonyl (C=S) groups is 1. The van der Waals surface area contributed by atoms with Crippen LogP contribution in [0.4, 0.5) is 11.4 Å². The zero-order chi connectivity index (χ0) is 18.0. The number of rotatable bonds is 4. The van der Waals surface area contributed by atoms with Crippen LogP contribution in [-0.4, -0.2) is 31.4 Å². The highest BCUT2D eigenvalue weighted by Crippen LogP contribution is 2.36. The molecule has 1 aliphatic heterocycles. The van der Waals surface area contributed by atoms with Gasteiger partial charge in [0.1, 0.15) is 5.75 Å². The molecule has 6 heteroatoms. The molecule has 2 aromatic carbocycles. The molecule has 2 aromatic rings. The number of ether oxygens (including phenoxy) is 1. The summed E-state index contributed by atoms with van der Waals surface area (Å²) in [7, 11) is 5.58. The highest BCUT2D eigenvalue weighted by Gasteiger charge is 2.33. The highest BCUT2D eigenvalue weighted by atomic mass is 32.2. The second kappa shape index (κ2) is 7.29. The van der Waals surface area contributed by atoms with Gasteiger partial charge in [0.25, 0.3) is 5.91 Å². The van der Waals surface area contributed by atoms with Crippen LogP contribution in [0.1, 0.15) is 5.56 Å². The molecule has 1 fully saturated rings. The van der Waals surface area contributed by atoms with Crippen LogP contribution in [0.2, 0.25) is 0 Å². The van der Waals surface area contributed by atoms with Gasteiger partial charge < -0.3 is 9.64 Å². The van der Waals surface area contributed by atoms with Gasteiger partial charge in [-0.25, -0.2) is 0 Å². The van der Waals surface area contributed by atoms with Crippen LogP contribution in [0.5, 0.6) is 5.75 Å². The molecule has 128 valence electrons. The smallest absolute Gasteiger partial charge is 0.270 e. The van der Waals surface area contributed by atoms with Crippen molar-refractivity contribution in [2.45, 2.75) is 0 Å². The molecule has 1 saturated heterocycles. The first-order valence-electron chi connectivity index (χ1n) is 7.69. The number of hydrogen-bond acceptors (Lipinski definition) is 5. The largest absolute Gasteiger partial charge is 0.497 e. The van der Waals surface area contributed by atoms with Crippen molar-refractivity contribution in [1.82, 2.24) is 0 Å². The van der Waals surface area contributed by atoms with E-state index in [-0.39, 0.29) is 5.91 Å². The lowest BCUT2D eigenvalue weighted by Gasteiger charge is -2.17. The van der Waals surface area contributed by atoms with Crippen LogP contribution in [0.3, 0.4) is 0 Å². The molecule has 25 heavy (non-hydrogen) atoms. The SMILES string of the molecule is COc1ccc(/C=C2/SC(=S)N(c3ccc(N(C)C)cc3)C2=O)cc1. The second-order valence-corrected chi connectivity index (χ2v) is 7.38. The van der Waals surface area contributed by atoms with E-state index in [4.69, 9.17) is 17.0 Å². The van der Waals surface area contributed by atoms with E-state index < -0.39 is 0 Å². The number of nitrogens with zero attached hydrogens (tertiary/aromatic N) is 2. The predicted octanol–water partition coefficient (Wildman–Crippen LogP) is 4.17. The van der Waals surface area contributed by atoms with Gasteiger partial charge in [-0.15, -0.1) is 0 Å². The van der Waals surface area contributed by atoms with E-state index in [0.717, 1.165) is 22.7 Å². The molecular formula is C19H18N2O2S2. The summed E-state index contributed by atoms with van der Waals surface area (Å²) in [6.07, 6.45) is 1.85. The Labute approximate surface area is 157 Å². The Morgan fingerprint density at radius 1 is 1.08 bits per heavy atom. The van der Waals surface area contributed by atoms with Gasteiger partial charge in [0, 0.05) is 19.8 Å². The highest BCUT2D eigenvalue weighted by molar-refractivity contribution is 8.27. The normalized spacial score (nSPS) is 15.8. The molecule has 0 spiro atoms. The molecule has 0 atom stereocenters. The third-order valence-electron chi connectivity index (χ3n) is 3.83. The summed E-state index contributed by atoms with van der Waals surface area (Å²) >= 11 is 6.73. The topological polar surface area (TPSA) is 32.8 Å². The minimum atomic E-state index is -0.0941. The van der Waals surface area contributed by atoms with Crippen molar-refractivity contribution >= 4 is 51.7 Å². The average Bonchev–Trinajstić information content (AvgIpc) is 2.89. The summed E-state index contributed by atoms with van der Waals surface area (Å²) in [5, 5.41) is 0. The van der Waals surface area contributed by atoms with Crippen molar-refractivity contribution in [1.29, 1.82) is 0 Å². The maximum absolute atomic E-state index is 12.8. The fraction of sp³-hybridized carbons (Fsp3) is 0.158. The van der Waals surface area contributed by atoms with Crippen molar-refractivity contribution in [3.63, 3.8) is 0 Å². The molecule has 1 aliphatic rings. The summed E-state index contributed by atoms with van der Waals surface area (Å²) in [5.41, 5.74) is 2.79. The molecule has 0 saturated carbocycles. The molecule has 1 heterocycles. The Balaban J connectivity index is 1.85. The van der Waals surface area contributed by atoms with Crippen molar-refractivity contribution in [3.05, 3.63) is 59.0 Å². The number of thioether (sulfide) groups is 1. The quantitative estimate of drug-likeness (QED) is 0.596. The van der Waals surface area contributed by atoms with Gasteiger partial charge in [-0.05, 0) is 48.0 Å². The number of amides is 1. The zero-order valence-electron chi connectivity index (χ0n) is 14.2. The number of carbonyl (C=O) groups excluding carboxylic acids is 1. The third-order valence-corrected chi connectivity index (χ3v) is 5.13. The van der Waals surface area contributed by atoms with Gasteiger partial charge in [0.05, 0.1) is 17.7 Å². The van der Waals surface area contributed by atoms with Crippen LogP contribution >= 0.6 is 24.0 Å². The minimum absolute atomic E-state index is 0.0941. The van der Waals surface area contributed by atoms with E-state index >= 15 is 0 Å². The number of carbonyl (C=O) groups is 1. The first-order chi connectivity index (χ1) is 12.0. The Bertz CT molecular complexity index is 828. The van der Waals surface area contributed by atoms with Crippen LogP contribution in [0.15, 0.2) is 53.4 Å². The van der Waals surface area contributed by atoms with E-state index in [1.165, 1.54) is 11.8 Å². The van der Waals surface area contributed by atoms with Crippen LogP contribution in [-0.2, 0) is 4.79 Å². The van der Waals surface area contributed by atoms with Gasteiger partial charge in [0.2, 0.25) is 0 Å². The fourth-order valence-electron chi connectivity index (χ4n) is 2.44. The summed E-state index contributed by atoms with van der Waals surface area (Å²) in [6, 6.07) is 15.3. The third kappa shape index (κ3) is 3.70. The Morgan fingerprint density at radius 3 is 2.28 bits per heavy atom. The van der Waals surface area contributed by atoms with Crippen molar-refractivity contribution in [2.75, 3.05) is 31.0 Å². The summed E-state index contributed by atoms with van der Waals surface area (Å²) in [4.78, 5) is 17.0. The maximum atomic E-state index is 12.8. The molecule has 0 bridgehead atoms. The fourth-order valence-corrected chi connectivity index (χ4v) is 3.74. The summed E-state index contributed by atoms with van der Waals surface area (Å²) in [6.45, 7) is 0. The van der Waals surface area contributed by atoms with E-state index in [9.17, 15) is 4.79 Å². The van der Waals surface area contributed by atoms with E-state index in [0.29, 0.717) is 9.23 Å². The number of hydrogen-bond donors (Lipinski definition) is 0. The zero-order valence-corrected chi connectivity index (χ0v) is 15.9. The summed E-state index contributed by atoms with van der Waals surface area (Å²) < 4.78 is 5.70. The first-order valence-corrected chi connectivity index (χ1v) is 8.91. The van der Waals surface area contributed by atoms with Gasteiger partial charge in [-0.3, -0.25) is 9.69 Å². The average molecular weight is 370 g/mol.